The number of nitrogens with one attached hydrogen (secondary N) is 1. The summed E-state index contributed by atoms with van der Waals surface area (Å²) in [6.45, 7) is 6.62. The van der Waals surface area contributed by atoms with Crippen LogP contribution in [-0.2, 0) is 0 Å². The third-order valence-electron chi connectivity index (χ3n) is 2.88. The lowest BCUT2D eigenvalue weighted by Crippen LogP contribution is -2.16. The maximum Gasteiger partial charge on any atom is -0.00173 e. The van der Waals surface area contributed by atoms with Crippen molar-refractivity contribution in [2.24, 2.45) is 11.8 Å². The third kappa shape index (κ3) is 2.19. The molecule has 1 N–H and O–H groups in total. The summed E-state index contributed by atoms with van der Waals surface area (Å²) in [7, 11) is 0. The Kier molecular flexibility index (Phi) is 3.92. The van der Waals surface area contributed by atoms with Crippen LogP contribution in [0, 0.1) is 11.8 Å². The van der Waals surface area contributed by atoms with E-state index >= 15 is 0 Å². The minimum atomic E-state index is 1.05. The van der Waals surface area contributed by atoms with Gasteiger partial charge in [-0.25, -0.2) is 0 Å². The van der Waals surface area contributed by atoms with Crippen molar-refractivity contribution in [1.29, 1.82) is 0 Å². The van der Waals surface area contributed by atoms with Crippen molar-refractivity contribution in [2.75, 3.05) is 13.1 Å². The molecule has 2 unspecified atom stereocenters. The van der Waals surface area contributed by atoms with Gasteiger partial charge in [0.05, 0.1) is 0 Å². The van der Waals surface area contributed by atoms with E-state index in [1.165, 1.54) is 38.8 Å². The topological polar surface area (TPSA) is 12.0 Å². The first-order valence-electron chi connectivity index (χ1n) is 5.17. The highest BCUT2D eigenvalue weighted by Gasteiger charge is 2.28. The van der Waals surface area contributed by atoms with Crippen molar-refractivity contribution in [2.45, 2.75) is 39.5 Å². The molecule has 2 atom stereocenters. The molecule has 1 aliphatic heterocycles. The molecule has 2 aliphatic rings. The molecule has 1 heteroatoms. The maximum absolute atomic E-state index is 3.46. The van der Waals surface area contributed by atoms with E-state index in [9.17, 15) is 0 Å². The number of fused-ring (bicyclic) bond motifs is 1. The smallest absolute Gasteiger partial charge is 0.00173 e. The van der Waals surface area contributed by atoms with Gasteiger partial charge in [-0.05, 0) is 37.8 Å². The van der Waals surface area contributed by atoms with Gasteiger partial charge in [0.1, 0.15) is 0 Å². The fourth-order valence-corrected chi connectivity index (χ4v) is 2.28. The summed E-state index contributed by atoms with van der Waals surface area (Å²) in [4.78, 5) is 0. The molecular formula is C10H21N. The van der Waals surface area contributed by atoms with Crippen molar-refractivity contribution < 1.29 is 0 Å². The SMILES string of the molecule is C1CCC2CNCC2C1.CC. The largest absolute Gasteiger partial charge is 0.316 e. The quantitative estimate of drug-likeness (QED) is 0.566. The van der Waals surface area contributed by atoms with Gasteiger partial charge in [0.15, 0.2) is 0 Å². The molecule has 0 bridgehead atoms. The van der Waals surface area contributed by atoms with Gasteiger partial charge in [-0.3, -0.25) is 0 Å². The average molecular weight is 155 g/mol. The molecule has 0 aromatic rings. The van der Waals surface area contributed by atoms with Crippen LogP contribution in [0.5, 0.6) is 0 Å². The van der Waals surface area contributed by atoms with Gasteiger partial charge < -0.3 is 5.32 Å². The molecule has 1 aliphatic carbocycles. The second-order valence-corrected chi connectivity index (χ2v) is 3.46. The van der Waals surface area contributed by atoms with Crippen LogP contribution >= 0.6 is 0 Å². The summed E-state index contributed by atoms with van der Waals surface area (Å²) in [5.41, 5.74) is 0. The van der Waals surface area contributed by atoms with E-state index < -0.39 is 0 Å². The molecule has 0 aromatic heterocycles. The molecule has 0 radical (unpaired) electrons. The van der Waals surface area contributed by atoms with E-state index in [-0.39, 0.29) is 0 Å². The van der Waals surface area contributed by atoms with Crippen molar-refractivity contribution in [3.8, 4) is 0 Å². The van der Waals surface area contributed by atoms with E-state index in [2.05, 4.69) is 5.32 Å². The van der Waals surface area contributed by atoms with Gasteiger partial charge in [-0.15, -0.1) is 0 Å². The summed E-state index contributed by atoms with van der Waals surface area (Å²) in [6.07, 6.45) is 5.97. The molecule has 0 aromatic carbocycles. The molecule has 2 rings (SSSR count). The zero-order valence-corrected chi connectivity index (χ0v) is 7.90. The molecule has 1 nitrogen and oxygen atoms in total. The highest BCUT2D eigenvalue weighted by Crippen LogP contribution is 2.31. The summed E-state index contributed by atoms with van der Waals surface area (Å²) in [6, 6.07) is 0. The van der Waals surface area contributed by atoms with E-state index in [4.69, 9.17) is 0 Å². The number of rotatable bonds is 0. The normalized spacial score (nSPS) is 35.5. The molecule has 1 saturated heterocycles. The molecule has 2 fully saturated rings. The molecule has 11 heavy (non-hydrogen) atoms. The molecule has 1 saturated carbocycles. The van der Waals surface area contributed by atoms with Crippen molar-refractivity contribution in [3.63, 3.8) is 0 Å². The van der Waals surface area contributed by atoms with Gasteiger partial charge in [-0.2, -0.15) is 0 Å². The Labute approximate surface area is 70.6 Å². The summed E-state index contributed by atoms with van der Waals surface area (Å²) in [5.74, 6) is 2.11. The van der Waals surface area contributed by atoms with Gasteiger partial charge in [0.2, 0.25) is 0 Å². The monoisotopic (exact) mass is 155 g/mol. The summed E-state index contributed by atoms with van der Waals surface area (Å²) < 4.78 is 0. The predicted octanol–water partition coefficient (Wildman–Crippen LogP) is 2.42. The minimum Gasteiger partial charge on any atom is -0.316 e. The van der Waals surface area contributed by atoms with Crippen LogP contribution in [0.25, 0.3) is 0 Å². The van der Waals surface area contributed by atoms with Crippen LogP contribution in [-0.4, -0.2) is 13.1 Å². The van der Waals surface area contributed by atoms with E-state index in [0.717, 1.165) is 11.8 Å². The zero-order valence-electron chi connectivity index (χ0n) is 7.90. The van der Waals surface area contributed by atoms with E-state index in [1.807, 2.05) is 13.8 Å². The zero-order chi connectivity index (χ0) is 8.10. The fourth-order valence-electron chi connectivity index (χ4n) is 2.28. The Bertz CT molecular complexity index is 89.0. The maximum atomic E-state index is 3.46. The van der Waals surface area contributed by atoms with Crippen LogP contribution in [0.15, 0.2) is 0 Å². The molecule has 1 heterocycles. The molecule has 0 amide bonds. The Morgan fingerprint density at radius 2 is 1.36 bits per heavy atom. The van der Waals surface area contributed by atoms with Crippen LogP contribution in [0.2, 0.25) is 0 Å². The van der Waals surface area contributed by atoms with Gasteiger partial charge in [0.25, 0.3) is 0 Å². The highest BCUT2D eigenvalue weighted by atomic mass is 14.9. The van der Waals surface area contributed by atoms with Crippen molar-refractivity contribution in [1.82, 2.24) is 5.32 Å². The standard InChI is InChI=1S/C8H15N.C2H6/c1-2-4-8-6-9-5-7(8)3-1;1-2/h7-9H,1-6H2;1-2H3. The first-order valence-corrected chi connectivity index (χ1v) is 5.17. The second-order valence-electron chi connectivity index (χ2n) is 3.46. The van der Waals surface area contributed by atoms with Crippen molar-refractivity contribution >= 4 is 0 Å². The van der Waals surface area contributed by atoms with E-state index in [1.54, 1.807) is 0 Å². The summed E-state index contributed by atoms with van der Waals surface area (Å²) in [5, 5.41) is 3.46. The molecule has 0 spiro atoms. The second kappa shape index (κ2) is 4.76. The lowest BCUT2D eigenvalue weighted by Gasteiger charge is -2.23. The first-order chi connectivity index (χ1) is 5.47. The lowest BCUT2D eigenvalue weighted by molar-refractivity contribution is 0.299. The first kappa shape index (κ1) is 9.05. The van der Waals surface area contributed by atoms with Gasteiger partial charge in [0, 0.05) is 0 Å². The molecular weight excluding hydrogens is 134 g/mol. The number of hydrogen-bond donors (Lipinski definition) is 1. The van der Waals surface area contributed by atoms with Crippen molar-refractivity contribution in [3.05, 3.63) is 0 Å². The fraction of sp³-hybridized carbons (Fsp3) is 1.00. The third-order valence-corrected chi connectivity index (χ3v) is 2.88. The Morgan fingerprint density at radius 3 is 1.82 bits per heavy atom. The Hall–Kier alpha value is -0.0400. The highest BCUT2D eigenvalue weighted by molar-refractivity contribution is 4.83. The van der Waals surface area contributed by atoms with Crippen LogP contribution in [0.4, 0.5) is 0 Å². The summed E-state index contributed by atoms with van der Waals surface area (Å²) >= 11 is 0. The number of hydrogen-bond acceptors (Lipinski definition) is 1. The van der Waals surface area contributed by atoms with Gasteiger partial charge in [-0.1, -0.05) is 26.7 Å². The van der Waals surface area contributed by atoms with Crippen LogP contribution < -0.4 is 5.32 Å². The molecule has 66 valence electrons. The van der Waals surface area contributed by atoms with Crippen LogP contribution in [0.3, 0.4) is 0 Å². The predicted molar refractivity (Wildman–Crippen MR) is 49.7 cm³/mol. The average Bonchev–Trinajstić information content (AvgIpc) is 2.55. The Balaban J connectivity index is 0.000000281. The van der Waals surface area contributed by atoms with Gasteiger partial charge >= 0.3 is 0 Å². The Morgan fingerprint density at radius 1 is 0.909 bits per heavy atom. The lowest BCUT2D eigenvalue weighted by atomic mass is 9.82. The van der Waals surface area contributed by atoms with Crippen LogP contribution in [0.1, 0.15) is 39.5 Å². The minimum absolute atomic E-state index is 1.05. The van der Waals surface area contributed by atoms with E-state index in [0.29, 0.717) is 0 Å².